The molecule has 1 amide bonds. The summed E-state index contributed by atoms with van der Waals surface area (Å²) in [4.78, 5) is 19.3. The van der Waals surface area contributed by atoms with Gasteiger partial charge in [0.2, 0.25) is 0 Å². The third kappa shape index (κ3) is 5.58. The highest BCUT2D eigenvalue weighted by Gasteiger charge is 2.19. The largest absolute Gasteiger partial charge is 0.444 e. The molecule has 0 saturated carbocycles. The van der Waals surface area contributed by atoms with Crippen LogP contribution in [-0.4, -0.2) is 39.4 Å². The van der Waals surface area contributed by atoms with E-state index in [0.29, 0.717) is 6.42 Å². The predicted octanol–water partition coefficient (Wildman–Crippen LogP) is 0.905. The Labute approximate surface area is 106 Å². The van der Waals surface area contributed by atoms with Crippen LogP contribution in [0.5, 0.6) is 0 Å². The summed E-state index contributed by atoms with van der Waals surface area (Å²) in [6.07, 6.45) is 4.63. The van der Waals surface area contributed by atoms with E-state index in [1.165, 1.54) is 6.33 Å². The number of carbonyl (C=O) groups is 1. The Kier molecular flexibility index (Phi) is 5.03. The van der Waals surface area contributed by atoms with Gasteiger partial charge in [-0.25, -0.2) is 14.8 Å². The fraction of sp³-hybridized carbons (Fsp3) is 0.583. The number of hydrogen-bond donors (Lipinski definition) is 2. The smallest absolute Gasteiger partial charge is 0.407 e. The molecule has 1 rings (SSSR count). The van der Waals surface area contributed by atoms with Gasteiger partial charge in [-0.1, -0.05) is 0 Å². The Morgan fingerprint density at radius 3 is 2.56 bits per heavy atom. The number of rotatable bonds is 4. The molecule has 6 nitrogen and oxygen atoms in total. The van der Waals surface area contributed by atoms with Gasteiger partial charge in [-0.05, 0) is 32.8 Å². The van der Waals surface area contributed by atoms with Crippen molar-refractivity contribution in [3.05, 3.63) is 24.3 Å². The van der Waals surface area contributed by atoms with E-state index in [1.807, 2.05) is 0 Å². The van der Waals surface area contributed by atoms with Crippen LogP contribution < -0.4 is 5.32 Å². The highest BCUT2D eigenvalue weighted by atomic mass is 16.6. The number of aromatic nitrogens is 2. The van der Waals surface area contributed by atoms with Gasteiger partial charge in [0.25, 0.3) is 0 Å². The van der Waals surface area contributed by atoms with Gasteiger partial charge in [0.15, 0.2) is 0 Å². The maximum atomic E-state index is 11.5. The Morgan fingerprint density at radius 1 is 1.44 bits per heavy atom. The molecule has 0 spiro atoms. The minimum Gasteiger partial charge on any atom is -0.444 e. The lowest BCUT2D eigenvalue weighted by atomic mass is 10.1. The average Bonchev–Trinajstić information content (AvgIpc) is 2.27. The second-order valence-corrected chi connectivity index (χ2v) is 4.98. The minimum absolute atomic E-state index is 0.172. The molecule has 1 heterocycles. The van der Waals surface area contributed by atoms with Crippen LogP contribution in [0.2, 0.25) is 0 Å². The van der Waals surface area contributed by atoms with Crippen LogP contribution in [0.1, 0.15) is 26.3 Å². The number of nitrogens with one attached hydrogen (secondary N) is 1. The number of ether oxygens (including phenoxy) is 1. The summed E-state index contributed by atoms with van der Waals surface area (Å²) in [6.45, 7) is 5.18. The summed E-state index contributed by atoms with van der Waals surface area (Å²) in [6, 6.07) is -0.411. The molecule has 0 aliphatic rings. The molecule has 0 bridgehead atoms. The maximum absolute atomic E-state index is 11.5. The van der Waals surface area contributed by atoms with Gasteiger partial charge in [0.1, 0.15) is 11.9 Å². The van der Waals surface area contributed by atoms with Crippen LogP contribution in [0, 0.1) is 0 Å². The normalized spacial score (nSPS) is 12.9. The van der Waals surface area contributed by atoms with Gasteiger partial charge in [0.05, 0.1) is 12.6 Å². The molecule has 1 unspecified atom stereocenters. The first-order valence-electron chi connectivity index (χ1n) is 5.75. The van der Waals surface area contributed by atoms with Gasteiger partial charge < -0.3 is 15.2 Å². The molecule has 0 aromatic carbocycles. The highest BCUT2D eigenvalue weighted by molar-refractivity contribution is 5.68. The van der Waals surface area contributed by atoms with Crippen molar-refractivity contribution in [1.29, 1.82) is 0 Å². The monoisotopic (exact) mass is 253 g/mol. The fourth-order valence-corrected chi connectivity index (χ4v) is 1.36. The van der Waals surface area contributed by atoms with Crippen molar-refractivity contribution >= 4 is 6.09 Å². The minimum atomic E-state index is -0.556. The number of amides is 1. The lowest BCUT2D eigenvalue weighted by molar-refractivity contribution is 0.0483. The molecular formula is C12H19N3O3. The zero-order valence-electron chi connectivity index (χ0n) is 10.9. The van der Waals surface area contributed by atoms with Crippen molar-refractivity contribution in [3.63, 3.8) is 0 Å². The topological polar surface area (TPSA) is 84.3 Å². The average molecular weight is 253 g/mol. The van der Waals surface area contributed by atoms with Crippen LogP contribution >= 0.6 is 0 Å². The van der Waals surface area contributed by atoms with E-state index in [0.717, 1.165) is 5.56 Å². The van der Waals surface area contributed by atoms with Crippen LogP contribution in [0.3, 0.4) is 0 Å². The second kappa shape index (κ2) is 6.30. The van der Waals surface area contributed by atoms with Gasteiger partial charge in [-0.3, -0.25) is 0 Å². The summed E-state index contributed by atoms with van der Waals surface area (Å²) < 4.78 is 5.12. The van der Waals surface area contributed by atoms with Crippen molar-refractivity contribution in [2.24, 2.45) is 0 Å². The number of hydrogen-bond acceptors (Lipinski definition) is 5. The Bertz CT molecular complexity index is 376. The molecule has 0 fully saturated rings. The zero-order chi connectivity index (χ0) is 13.6. The summed E-state index contributed by atoms with van der Waals surface area (Å²) in [5.41, 5.74) is 0.285. The lowest BCUT2D eigenvalue weighted by Crippen LogP contribution is -2.42. The number of alkyl carbamates (subject to hydrolysis) is 1. The molecule has 0 radical (unpaired) electrons. The number of aliphatic hydroxyl groups is 1. The third-order valence-corrected chi connectivity index (χ3v) is 2.04. The first kappa shape index (κ1) is 14.4. The van der Waals surface area contributed by atoms with E-state index in [-0.39, 0.29) is 6.61 Å². The van der Waals surface area contributed by atoms with Crippen LogP contribution in [0.15, 0.2) is 18.7 Å². The summed E-state index contributed by atoms with van der Waals surface area (Å²) in [7, 11) is 0. The van der Waals surface area contributed by atoms with Gasteiger partial charge in [-0.15, -0.1) is 0 Å². The van der Waals surface area contributed by atoms with Gasteiger partial charge in [-0.2, -0.15) is 0 Å². The van der Waals surface area contributed by atoms with Gasteiger partial charge >= 0.3 is 6.09 Å². The zero-order valence-corrected chi connectivity index (χ0v) is 10.9. The maximum Gasteiger partial charge on any atom is 0.407 e. The molecule has 1 aromatic rings. The predicted molar refractivity (Wildman–Crippen MR) is 66.0 cm³/mol. The molecular weight excluding hydrogens is 234 g/mol. The summed E-state index contributed by atoms with van der Waals surface area (Å²) in [5, 5.41) is 11.8. The molecule has 18 heavy (non-hydrogen) atoms. The summed E-state index contributed by atoms with van der Waals surface area (Å²) >= 11 is 0. The molecule has 0 aliphatic heterocycles. The van der Waals surface area contributed by atoms with E-state index in [9.17, 15) is 9.90 Å². The standard InChI is InChI=1S/C12H19N3O3/c1-12(2,3)18-11(17)15-10(7-16)4-9-5-13-8-14-6-9/h5-6,8,10,16H,4,7H2,1-3H3,(H,15,17). The number of aliphatic hydroxyl groups excluding tert-OH is 1. The number of carbonyl (C=O) groups excluding carboxylic acids is 1. The lowest BCUT2D eigenvalue weighted by Gasteiger charge is -2.22. The molecule has 6 heteroatoms. The van der Waals surface area contributed by atoms with Crippen molar-refractivity contribution < 1.29 is 14.6 Å². The van der Waals surface area contributed by atoms with Crippen LogP contribution in [-0.2, 0) is 11.2 Å². The Balaban J connectivity index is 2.50. The highest BCUT2D eigenvalue weighted by Crippen LogP contribution is 2.07. The first-order valence-corrected chi connectivity index (χ1v) is 5.75. The van der Waals surface area contributed by atoms with Crippen molar-refractivity contribution in [1.82, 2.24) is 15.3 Å². The van der Waals surface area contributed by atoms with E-state index in [2.05, 4.69) is 15.3 Å². The molecule has 0 saturated heterocycles. The van der Waals surface area contributed by atoms with Crippen molar-refractivity contribution in [2.45, 2.75) is 38.8 Å². The van der Waals surface area contributed by atoms with Crippen LogP contribution in [0.25, 0.3) is 0 Å². The van der Waals surface area contributed by atoms with Crippen LogP contribution in [0.4, 0.5) is 4.79 Å². The molecule has 1 aromatic heterocycles. The van der Waals surface area contributed by atoms with E-state index in [4.69, 9.17) is 4.74 Å². The molecule has 2 N–H and O–H groups in total. The number of nitrogens with zero attached hydrogens (tertiary/aromatic N) is 2. The third-order valence-electron chi connectivity index (χ3n) is 2.04. The Hall–Kier alpha value is -1.69. The van der Waals surface area contributed by atoms with Crippen molar-refractivity contribution in [2.75, 3.05) is 6.61 Å². The second-order valence-electron chi connectivity index (χ2n) is 4.98. The SMILES string of the molecule is CC(C)(C)OC(=O)NC(CO)Cc1cncnc1. The molecule has 100 valence electrons. The van der Waals surface area contributed by atoms with E-state index < -0.39 is 17.7 Å². The molecule has 0 aliphatic carbocycles. The van der Waals surface area contributed by atoms with Gasteiger partial charge in [0, 0.05) is 12.4 Å². The Morgan fingerprint density at radius 2 is 2.06 bits per heavy atom. The first-order chi connectivity index (χ1) is 8.40. The fourth-order valence-electron chi connectivity index (χ4n) is 1.36. The molecule has 1 atom stereocenters. The summed E-state index contributed by atoms with van der Waals surface area (Å²) in [5.74, 6) is 0. The van der Waals surface area contributed by atoms with E-state index in [1.54, 1.807) is 33.2 Å². The quantitative estimate of drug-likeness (QED) is 0.833. The van der Waals surface area contributed by atoms with Crippen molar-refractivity contribution in [3.8, 4) is 0 Å². The van der Waals surface area contributed by atoms with E-state index >= 15 is 0 Å².